The highest BCUT2D eigenvalue weighted by Gasteiger charge is 2.16. The lowest BCUT2D eigenvalue weighted by Gasteiger charge is -2.19. The Morgan fingerprint density at radius 1 is 1.15 bits per heavy atom. The summed E-state index contributed by atoms with van der Waals surface area (Å²) in [5.41, 5.74) is 0. The van der Waals surface area contributed by atoms with Crippen LogP contribution in [0.4, 0.5) is 0 Å². The summed E-state index contributed by atoms with van der Waals surface area (Å²) < 4.78 is 4.97. The third-order valence-corrected chi connectivity index (χ3v) is 3.23. The van der Waals surface area contributed by atoms with Crippen LogP contribution in [-0.4, -0.2) is 35.0 Å². The molecule has 0 aliphatic rings. The maximum atomic E-state index is 10.4. The monoisotopic (exact) mass is 285 g/mol. The standard InChI is InChI=1S/C16H29O4/c1-4-5-6-9-15(20-12-17)10-7-8-14(18)11-16(19)13(2)3/h7-8,10,12-16,18-19H,4-6,9,11H2,1-3H3/t14-,15-,16-/m1/s1. The van der Waals surface area contributed by atoms with Gasteiger partial charge < -0.3 is 14.9 Å². The Kier molecular flexibility index (Phi) is 11.8. The van der Waals surface area contributed by atoms with Gasteiger partial charge in [-0.05, 0) is 38.0 Å². The zero-order chi connectivity index (χ0) is 15.4. The van der Waals surface area contributed by atoms with Crippen LogP contribution in [0, 0.1) is 25.2 Å². The Bertz CT molecular complexity index is 231. The largest absolute Gasteiger partial charge is 0.464 e. The van der Waals surface area contributed by atoms with Gasteiger partial charge in [0.2, 0.25) is 0 Å². The normalized spacial score (nSPS) is 15.9. The van der Waals surface area contributed by atoms with E-state index in [1.807, 2.05) is 13.8 Å². The molecule has 0 amide bonds. The summed E-state index contributed by atoms with van der Waals surface area (Å²) >= 11 is 0. The molecule has 0 aliphatic heterocycles. The van der Waals surface area contributed by atoms with E-state index in [4.69, 9.17) is 4.74 Å². The summed E-state index contributed by atoms with van der Waals surface area (Å²) in [5.74, 6) is 0.127. The second-order valence-corrected chi connectivity index (χ2v) is 5.46. The molecule has 0 rings (SSSR count). The first kappa shape index (κ1) is 19.4. The first-order valence-electron chi connectivity index (χ1n) is 7.48. The molecular weight excluding hydrogens is 256 g/mol. The summed E-state index contributed by atoms with van der Waals surface area (Å²) in [7, 11) is 0. The third-order valence-electron chi connectivity index (χ3n) is 3.23. The van der Waals surface area contributed by atoms with Crippen molar-refractivity contribution in [2.75, 3.05) is 0 Å². The van der Waals surface area contributed by atoms with E-state index in [2.05, 4.69) is 6.92 Å². The van der Waals surface area contributed by atoms with Crippen molar-refractivity contribution in [1.82, 2.24) is 0 Å². The smallest absolute Gasteiger partial charge is 0.293 e. The van der Waals surface area contributed by atoms with Crippen LogP contribution in [0.3, 0.4) is 0 Å². The van der Waals surface area contributed by atoms with Crippen molar-refractivity contribution in [2.24, 2.45) is 5.92 Å². The van der Waals surface area contributed by atoms with E-state index in [1.54, 1.807) is 19.3 Å². The molecule has 0 fully saturated rings. The number of rotatable bonds is 13. The number of aliphatic hydroxyl groups is 2. The van der Waals surface area contributed by atoms with Gasteiger partial charge in [0, 0.05) is 6.42 Å². The van der Waals surface area contributed by atoms with E-state index in [0.29, 0.717) is 12.9 Å². The Labute approximate surface area is 123 Å². The Morgan fingerprint density at radius 2 is 1.85 bits per heavy atom. The maximum absolute atomic E-state index is 10.4. The summed E-state index contributed by atoms with van der Waals surface area (Å²) in [6, 6.07) is 0. The molecule has 0 saturated heterocycles. The molecule has 0 saturated carbocycles. The minimum atomic E-state index is -0.684. The van der Waals surface area contributed by atoms with E-state index in [9.17, 15) is 15.0 Å². The minimum Gasteiger partial charge on any atom is -0.464 e. The van der Waals surface area contributed by atoms with Crippen LogP contribution in [0.2, 0.25) is 0 Å². The van der Waals surface area contributed by atoms with Crippen LogP contribution in [0.1, 0.15) is 52.9 Å². The quantitative estimate of drug-likeness (QED) is 0.403. The number of hydrogen-bond donors (Lipinski definition) is 2. The maximum Gasteiger partial charge on any atom is 0.293 e. The number of hydrogen-bond acceptors (Lipinski definition) is 4. The summed E-state index contributed by atoms with van der Waals surface area (Å²) in [6.45, 7) is 6.40. The summed E-state index contributed by atoms with van der Waals surface area (Å²) in [6.07, 6.45) is 8.01. The molecule has 0 aliphatic carbocycles. The van der Waals surface area contributed by atoms with Crippen molar-refractivity contribution in [1.29, 1.82) is 0 Å². The molecular formula is C16H29O4. The fraction of sp³-hybridized carbons (Fsp3) is 0.750. The van der Waals surface area contributed by atoms with E-state index in [0.717, 1.165) is 25.7 Å². The Balaban J connectivity index is 3.82. The Morgan fingerprint density at radius 3 is 2.40 bits per heavy atom. The lowest BCUT2D eigenvalue weighted by atomic mass is 9.97. The van der Waals surface area contributed by atoms with Crippen LogP contribution < -0.4 is 0 Å². The van der Waals surface area contributed by atoms with Gasteiger partial charge in [-0.3, -0.25) is 4.79 Å². The van der Waals surface area contributed by atoms with Gasteiger partial charge in [-0.1, -0.05) is 33.6 Å². The molecule has 0 aromatic heterocycles. The van der Waals surface area contributed by atoms with Crippen LogP contribution in [0.25, 0.3) is 0 Å². The van der Waals surface area contributed by atoms with Crippen molar-refractivity contribution < 1.29 is 19.7 Å². The molecule has 4 heteroatoms. The van der Waals surface area contributed by atoms with Crippen molar-refractivity contribution in [2.45, 2.75) is 71.2 Å². The third kappa shape index (κ3) is 10.2. The lowest BCUT2D eigenvalue weighted by molar-refractivity contribution is -0.132. The number of unbranched alkanes of at least 4 members (excludes halogenated alkanes) is 2. The molecule has 0 spiro atoms. The van der Waals surface area contributed by atoms with Crippen molar-refractivity contribution in [3.8, 4) is 0 Å². The van der Waals surface area contributed by atoms with Crippen LogP contribution >= 0.6 is 0 Å². The molecule has 0 aromatic carbocycles. The van der Waals surface area contributed by atoms with Gasteiger partial charge in [-0.15, -0.1) is 0 Å². The molecule has 117 valence electrons. The van der Waals surface area contributed by atoms with Crippen LogP contribution in [-0.2, 0) is 9.53 Å². The first-order valence-corrected chi connectivity index (χ1v) is 7.48. The molecule has 2 N–H and O–H groups in total. The van der Waals surface area contributed by atoms with E-state index < -0.39 is 12.2 Å². The molecule has 0 heterocycles. The highest BCUT2D eigenvalue weighted by molar-refractivity contribution is 5.38. The van der Waals surface area contributed by atoms with Crippen LogP contribution in [0.5, 0.6) is 0 Å². The number of carbonyl (C=O) groups excluding carboxylic acids is 1. The fourth-order valence-corrected chi connectivity index (χ4v) is 1.79. The van der Waals surface area contributed by atoms with Gasteiger partial charge >= 0.3 is 0 Å². The minimum absolute atomic E-state index is 0.127. The summed E-state index contributed by atoms with van der Waals surface area (Å²) in [5, 5.41) is 19.4. The second kappa shape index (κ2) is 12.2. The SMILES string of the molecule is CCCCC[C@H]([CH][CH][CH][C@@H](O)C[C@@H](O)C(C)C)OC=O. The van der Waals surface area contributed by atoms with Crippen molar-refractivity contribution >= 4 is 6.47 Å². The molecule has 0 bridgehead atoms. The van der Waals surface area contributed by atoms with Gasteiger partial charge in [-0.2, -0.15) is 0 Å². The van der Waals surface area contributed by atoms with Crippen molar-refractivity contribution in [3.63, 3.8) is 0 Å². The molecule has 0 unspecified atom stereocenters. The molecule has 0 aromatic rings. The van der Waals surface area contributed by atoms with E-state index >= 15 is 0 Å². The number of aliphatic hydroxyl groups excluding tert-OH is 2. The predicted octanol–water partition coefficient (Wildman–Crippen LogP) is 2.49. The van der Waals surface area contributed by atoms with Crippen LogP contribution in [0.15, 0.2) is 0 Å². The predicted molar refractivity (Wildman–Crippen MR) is 79.4 cm³/mol. The van der Waals surface area contributed by atoms with Gasteiger partial charge in [0.25, 0.3) is 6.47 Å². The highest BCUT2D eigenvalue weighted by Crippen LogP contribution is 2.15. The Hall–Kier alpha value is -0.610. The zero-order valence-electron chi connectivity index (χ0n) is 12.9. The lowest BCUT2D eigenvalue weighted by Crippen LogP contribution is -2.23. The van der Waals surface area contributed by atoms with Gasteiger partial charge in [0.1, 0.15) is 6.10 Å². The molecule has 4 nitrogen and oxygen atoms in total. The van der Waals surface area contributed by atoms with Gasteiger partial charge in [0.05, 0.1) is 12.2 Å². The summed E-state index contributed by atoms with van der Waals surface area (Å²) in [4.78, 5) is 10.4. The van der Waals surface area contributed by atoms with E-state index in [1.165, 1.54) is 0 Å². The molecule has 20 heavy (non-hydrogen) atoms. The molecule has 3 radical (unpaired) electrons. The van der Waals surface area contributed by atoms with Gasteiger partial charge in [-0.25, -0.2) is 0 Å². The number of carbonyl (C=O) groups is 1. The fourth-order valence-electron chi connectivity index (χ4n) is 1.79. The highest BCUT2D eigenvalue weighted by atomic mass is 16.5. The zero-order valence-corrected chi connectivity index (χ0v) is 12.9. The first-order chi connectivity index (χ1) is 9.51. The number of ether oxygens (including phenoxy) is 1. The van der Waals surface area contributed by atoms with Gasteiger partial charge in [0.15, 0.2) is 0 Å². The average molecular weight is 285 g/mol. The molecule has 3 atom stereocenters. The van der Waals surface area contributed by atoms with Crippen molar-refractivity contribution in [3.05, 3.63) is 19.3 Å². The van der Waals surface area contributed by atoms with E-state index in [-0.39, 0.29) is 12.0 Å². The second-order valence-electron chi connectivity index (χ2n) is 5.46. The average Bonchev–Trinajstić information content (AvgIpc) is 2.38. The topological polar surface area (TPSA) is 66.8 Å².